The van der Waals surface area contributed by atoms with Gasteiger partial charge in [0.2, 0.25) is 10.0 Å². The molecule has 0 fully saturated rings. The molecular weight excluding hydrogens is 310 g/mol. The highest BCUT2D eigenvalue weighted by Crippen LogP contribution is 2.17. The molecule has 0 heterocycles. The first-order chi connectivity index (χ1) is 10.1. The number of nitrogens with one attached hydrogen (secondary N) is 1. The van der Waals surface area contributed by atoms with Crippen LogP contribution in [-0.2, 0) is 19.6 Å². The van der Waals surface area contributed by atoms with E-state index in [1.165, 1.54) is 6.07 Å². The van der Waals surface area contributed by atoms with Gasteiger partial charge in [0, 0.05) is 6.42 Å². The zero-order valence-electron chi connectivity index (χ0n) is 12.4. The molecule has 1 aromatic rings. The fourth-order valence-corrected chi connectivity index (χ4v) is 3.49. The van der Waals surface area contributed by atoms with Crippen molar-refractivity contribution in [3.8, 4) is 0 Å². The summed E-state index contributed by atoms with van der Waals surface area (Å²) in [7, 11) is -3.99. The predicted molar refractivity (Wildman–Crippen MR) is 79.1 cm³/mol. The molecule has 8 heteroatoms. The monoisotopic (exact) mass is 329 g/mol. The minimum Gasteiger partial charge on any atom is -0.481 e. The summed E-state index contributed by atoms with van der Waals surface area (Å²) >= 11 is 0. The summed E-state index contributed by atoms with van der Waals surface area (Å²) in [5, 5.41) is 17.7. The molecule has 122 valence electrons. The van der Waals surface area contributed by atoms with E-state index in [4.69, 9.17) is 10.2 Å². The van der Waals surface area contributed by atoms with Gasteiger partial charge < -0.3 is 10.2 Å². The van der Waals surface area contributed by atoms with Crippen molar-refractivity contribution in [2.45, 2.75) is 44.0 Å². The number of hydrogen-bond donors (Lipinski definition) is 3. The van der Waals surface area contributed by atoms with Gasteiger partial charge in [0.05, 0.1) is 4.90 Å². The molecular formula is C14H19NO6S. The third kappa shape index (κ3) is 5.12. The van der Waals surface area contributed by atoms with Crippen LogP contribution < -0.4 is 4.72 Å². The van der Waals surface area contributed by atoms with Crippen molar-refractivity contribution < 1.29 is 28.2 Å². The Morgan fingerprint density at radius 1 is 1.23 bits per heavy atom. The summed E-state index contributed by atoms with van der Waals surface area (Å²) < 4.78 is 26.8. The number of carbonyl (C=O) groups is 2. The molecule has 1 rings (SSSR count). The Hall–Kier alpha value is -1.93. The number of carboxylic acid groups (broad SMARTS) is 2. The average Bonchev–Trinajstić information content (AvgIpc) is 2.39. The zero-order chi connectivity index (χ0) is 16.9. The second-order valence-corrected chi connectivity index (χ2v) is 6.75. The minimum absolute atomic E-state index is 0.0250. The van der Waals surface area contributed by atoms with E-state index in [0.29, 0.717) is 5.56 Å². The van der Waals surface area contributed by atoms with Crippen LogP contribution in [-0.4, -0.2) is 36.6 Å². The Bertz CT molecular complexity index is 668. The van der Waals surface area contributed by atoms with Gasteiger partial charge in [-0.15, -0.1) is 0 Å². The number of hydrogen-bond acceptors (Lipinski definition) is 4. The number of benzene rings is 1. The number of carboxylic acids is 2. The molecule has 0 saturated carbocycles. The van der Waals surface area contributed by atoms with Crippen molar-refractivity contribution in [3.05, 3.63) is 29.3 Å². The van der Waals surface area contributed by atoms with Gasteiger partial charge in [-0.25, -0.2) is 8.42 Å². The second kappa shape index (κ2) is 7.37. The number of aryl methyl sites for hydroxylation is 2. The van der Waals surface area contributed by atoms with Gasteiger partial charge in [-0.1, -0.05) is 12.1 Å². The van der Waals surface area contributed by atoms with Crippen molar-refractivity contribution in [1.29, 1.82) is 0 Å². The fraction of sp³-hybridized carbons (Fsp3) is 0.429. The Morgan fingerprint density at radius 2 is 1.86 bits per heavy atom. The molecule has 0 aromatic heterocycles. The summed E-state index contributed by atoms with van der Waals surface area (Å²) in [6, 6.07) is 3.51. The van der Waals surface area contributed by atoms with Gasteiger partial charge in [-0.3, -0.25) is 9.59 Å². The maximum absolute atomic E-state index is 12.3. The Kier molecular flexibility index (Phi) is 6.07. The van der Waals surface area contributed by atoms with E-state index in [0.717, 1.165) is 5.56 Å². The Morgan fingerprint density at radius 3 is 2.41 bits per heavy atom. The van der Waals surface area contributed by atoms with Crippen LogP contribution in [0.25, 0.3) is 0 Å². The van der Waals surface area contributed by atoms with Crippen LogP contribution in [0.1, 0.15) is 30.4 Å². The van der Waals surface area contributed by atoms with E-state index < -0.39 is 28.0 Å². The number of sulfonamides is 1. The van der Waals surface area contributed by atoms with E-state index >= 15 is 0 Å². The van der Waals surface area contributed by atoms with E-state index in [1.54, 1.807) is 26.0 Å². The lowest BCUT2D eigenvalue weighted by molar-refractivity contribution is -0.140. The standard InChI is InChI=1S/C14H19NO6S/c1-9-6-7-10(2)12(8-9)22(20,21)15-11(14(18)19)4-3-5-13(16)17/h6-8,11,15H,3-5H2,1-2H3,(H,16,17)(H,18,19). The molecule has 0 amide bonds. The van der Waals surface area contributed by atoms with Gasteiger partial charge in [0.1, 0.15) is 6.04 Å². The van der Waals surface area contributed by atoms with E-state index in [-0.39, 0.29) is 24.2 Å². The van der Waals surface area contributed by atoms with E-state index in [2.05, 4.69) is 4.72 Å². The SMILES string of the molecule is Cc1ccc(C)c(S(=O)(=O)NC(CCCC(=O)O)C(=O)O)c1. The first kappa shape index (κ1) is 18.1. The van der Waals surface area contributed by atoms with Crippen LogP contribution in [0, 0.1) is 13.8 Å². The number of aliphatic carboxylic acids is 2. The second-order valence-electron chi connectivity index (χ2n) is 5.07. The summed E-state index contributed by atoms with van der Waals surface area (Å²) in [4.78, 5) is 21.6. The summed E-state index contributed by atoms with van der Waals surface area (Å²) in [6.07, 6.45) is -0.234. The molecule has 3 N–H and O–H groups in total. The average molecular weight is 329 g/mol. The molecule has 0 saturated heterocycles. The van der Waals surface area contributed by atoms with Crippen LogP contribution in [0.5, 0.6) is 0 Å². The van der Waals surface area contributed by atoms with Gasteiger partial charge in [-0.05, 0) is 43.9 Å². The summed E-state index contributed by atoms with van der Waals surface area (Å²) in [5.74, 6) is -2.39. The minimum atomic E-state index is -3.99. The highest BCUT2D eigenvalue weighted by molar-refractivity contribution is 7.89. The van der Waals surface area contributed by atoms with Crippen LogP contribution in [0.4, 0.5) is 0 Å². The topological polar surface area (TPSA) is 121 Å². The first-order valence-electron chi connectivity index (χ1n) is 6.67. The van der Waals surface area contributed by atoms with Crippen molar-refractivity contribution in [3.63, 3.8) is 0 Å². The fourth-order valence-electron chi connectivity index (χ4n) is 1.94. The van der Waals surface area contributed by atoms with Gasteiger partial charge in [0.25, 0.3) is 0 Å². The van der Waals surface area contributed by atoms with Crippen molar-refractivity contribution in [2.75, 3.05) is 0 Å². The number of rotatable bonds is 8. The zero-order valence-corrected chi connectivity index (χ0v) is 13.2. The summed E-state index contributed by atoms with van der Waals surface area (Å²) in [5.41, 5.74) is 1.25. The highest BCUT2D eigenvalue weighted by Gasteiger charge is 2.26. The molecule has 0 radical (unpaired) electrons. The molecule has 0 spiro atoms. The summed E-state index contributed by atoms with van der Waals surface area (Å²) in [6.45, 7) is 3.36. The van der Waals surface area contributed by atoms with Gasteiger partial charge in [0.15, 0.2) is 0 Å². The lowest BCUT2D eigenvalue weighted by Gasteiger charge is -2.16. The maximum atomic E-state index is 12.3. The van der Waals surface area contributed by atoms with Crippen molar-refractivity contribution in [2.24, 2.45) is 0 Å². The molecule has 0 aliphatic carbocycles. The lowest BCUT2D eigenvalue weighted by Crippen LogP contribution is -2.41. The molecule has 22 heavy (non-hydrogen) atoms. The van der Waals surface area contributed by atoms with Gasteiger partial charge >= 0.3 is 11.9 Å². The van der Waals surface area contributed by atoms with Crippen molar-refractivity contribution >= 4 is 22.0 Å². The molecule has 7 nitrogen and oxygen atoms in total. The third-order valence-electron chi connectivity index (χ3n) is 3.11. The molecule has 1 unspecified atom stereocenters. The van der Waals surface area contributed by atoms with Crippen LogP contribution in [0.3, 0.4) is 0 Å². The molecule has 1 atom stereocenters. The predicted octanol–water partition coefficient (Wildman–Crippen LogP) is 1.29. The first-order valence-corrected chi connectivity index (χ1v) is 8.16. The largest absolute Gasteiger partial charge is 0.481 e. The lowest BCUT2D eigenvalue weighted by atomic mass is 10.1. The molecule has 0 aliphatic rings. The van der Waals surface area contributed by atoms with E-state index in [9.17, 15) is 18.0 Å². The van der Waals surface area contributed by atoms with Gasteiger partial charge in [-0.2, -0.15) is 4.72 Å². The highest BCUT2D eigenvalue weighted by atomic mass is 32.2. The maximum Gasteiger partial charge on any atom is 0.321 e. The van der Waals surface area contributed by atoms with E-state index in [1.807, 2.05) is 0 Å². The molecule has 0 aliphatic heterocycles. The Labute approximate surface area is 129 Å². The molecule has 0 bridgehead atoms. The van der Waals surface area contributed by atoms with Crippen LogP contribution >= 0.6 is 0 Å². The third-order valence-corrected chi connectivity index (χ3v) is 4.73. The van der Waals surface area contributed by atoms with Crippen LogP contribution in [0.15, 0.2) is 23.1 Å². The Balaban J connectivity index is 2.93. The van der Waals surface area contributed by atoms with Crippen LogP contribution in [0.2, 0.25) is 0 Å². The quantitative estimate of drug-likeness (QED) is 0.661. The van der Waals surface area contributed by atoms with Crippen molar-refractivity contribution in [1.82, 2.24) is 4.72 Å². The molecule has 1 aromatic carbocycles. The normalized spacial score (nSPS) is 12.8. The smallest absolute Gasteiger partial charge is 0.321 e.